The lowest BCUT2D eigenvalue weighted by atomic mass is 9.98. The molecule has 16 nitrogen and oxygen atoms in total. The van der Waals surface area contributed by atoms with Crippen LogP contribution < -0.4 is 25.4 Å². The number of aromatic amines is 2. The highest BCUT2D eigenvalue weighted by Crippen LogP contribution is 2.47. The number of ether oxygens (including phenoxy) is 4. The van der Waals surface area contributed by atoms with Crippen molar-refractivity contribution < 1.29 is 38.1 Å². The first-order valence-corrected chi connectivity index (χ1v) is 21.4. The minimum Gasteiger partial charge on any atom is -0.453 e. The van der Waals surface area contributed by atoms with Gasteiger partial charge in [0.25, 0.3) is 5.91 Å². The molecule has 0 aliphatic carbocycles. The van der Waals surface area contributed by atoms with E-state index < -0.39 is 24.3 Å². The second-order valence-corrected chi connectivity index (χ2v) is 15.6. The summed E-state index contributed by atoms with van der Waals surface area (Å²) in [6.07, 6.45) is 7.95. The molecule has 4 amide bonds. The number of hydrogen-bond donors (Lipinski definition) is 5. The lowest BCUT2D eigenvalue weighted by Crippen LogP contribution is -2.46. The highest BCUT2D eigenvalue weighted by Gasteiger charge is 2.36. The fourth-order valence-electron chi connectivity index (χ4n) is 7.99. The van der Waals surface area contributed by atoms with Crippen LogP contribution in [0, 0.1) is 0 Å². The molecule has 330 valence electrons. The number of nitrogens with one attached hydrogen (secondary N) is 5. The van der Waals surface area contributed by atoms with Gasteiger partial charge < -0.3 is 49.8 Å². The van der Waals surface area contributed by atoms with Crippen LogP contribution in [0.3, 0.4) is 0 Å². The monoisotopic (exact) mass is 866 g/mol. The number of unbranched alkanes of at least 4 members (excludes halogenated alkanes) is 2. The van der Waals surface area contributed by atoms with Gasteiger partial charge in [-0.15, -0.1) is 0 Å². The third-order valence-corrected chi connectivity index (χ3v) is 11.3. The van der Waals surface area contributed by atoms with Gasteiger partial charge in [-0.3, -0.25) is 9.59 Å². The Balaban J connectivity index is 0.853. The highest BCUT2D eigenvalue weighted by molar-refractivity contribution is 5.88. The van der Waals surface area contributed by atoms with Crippen molar-refractivity contribution in [2.24, 2.45) is 0 Å². The van der Waals surface area contributed by atoms with Crippen LogP contribution in [0.15, 0.2) is 109 Å². The van der Waals surface area contributed by atoms with E-state index in [1.165, 1.54) is 14.2 Å². The fourth-order valence-corrected chi connectivity index (χ4v) is 7.99. The van der Waals surface area contributed by atoms with E-state index in [9.17, 15) is 19.2 Å². The number of imidazole rings is 2. The summed E-state index contributed by atoms with van der Waals surface area (Å²) in [4.78, 5) is 69.2. The molecule has 16 heteroatoms. The van der Waals surface area contributed by atoms with Crippen LogP contribution in [0.25, 0.3) is 22.5 Å². The fraction of sp³-hybridized carbons (Fsp3) is 0.292. The van der Waals surface area contributed by atoms with Gasteiger partial charge in [-0.2, -0.15) is 0 Å². The molecule has 1 fully saturated rings. The van der Waals surface area contributed by atoms with Crippen LogP contribution in [0.5, 0.6) is 23.0 Å². The molecule has 2 aliphatic rings. The smallest absolute Gasteiger partial charge is 0.407 e. The third-order valence-electron chi connectivity index (χ3n) is 11.3. The van der Waals surface area contributed by atoms with E-state index in [0.29, 0.717) is 53.0 Å². The van der Waals surface area contributed by atoms with Crippen molar-refractivity contribution >= 4 is 24.0 Å². The molecule has 3 atom stereocenters. The number of piperidine rings is 1. The van der Waals surface area contributed by atoms with Crippen LogP contribution in [0.4, 0.5) is 9.59 Å². The maximum atomic E-state index is 14.1. The van der Waals surface area contributed by atoms with Gasteiger partial charge in [-0.1, -0.05) is 67.1 Å². The molecule has 4 heterocycles. The Labute approximate surface area is 370 Å². The lowest BCUT2D eigenvalue weighted by molar-refractivity contribution is -0.137. The van der Waals surface area contributed by atoms with Gasteiger partial charge in [0.15, 0.2) is 23.0 Å². The van der Waals surface area contributed by atoms with E-state index in [1.807, 2.05) is 84.9 Å². The molecule has 4 aromatic carbocycles. The molecule has 0 bridgehead atoms. The maximum absolute atomic E-state index is 14.1. The number of nitrogens with zero attached hydrogens (tertiary/aromatic N) is 3. The average Bonchev–Trinajstić information content (AvgIpc) is 4.04. The van der Waals surface area contributed by atoms with E-state index in [1.54, 1.807) is 29.4 Å². The molecule has 0 radical (unpaired) electrons. The van der Waals surface area contributed by atoms with Gasteiger partial charge in [-0.05, 0) is 79.6 Å². The van der Waals surface area contributed by atoms with Crippen LogP contribution in [0.2, 0.25) is 0 Å². The number of amides is 4. The largest absolute Gasteiger partial charge is 0.453 e. The van der Waals surface area contributed by atoms with Gasteiger partial charge >= 0.3 is 12.2 Å². The van der Waals surface area contributed by atoms with Gasteiger partial charge in [0.05, 0.1) is 44.0 Å². The van der Waals surface area contributed by atoms with Crippen molar-refractivity contribution in [3.63, 3.8) is 0 Å². The van der Waals surface area contributed by atoms with Crippen LogP contribution in [-0.4, -0.2) is 76.1 Å². The van der Waals surface area contributed by atoms with Crippen LogP contribution >= 0.6 is 0 Å². The molecular formula is C48H50N8O8. The Bertz CT molecular complexity index is 2580. The van der Waals surface area contributed by atoms with E-state index in [-0.39, 0.29) is 17.9 Å². The van der Waals surface area contributed by atoms with E-state index in [4.69, 9.17) is 23.9 Å². The number of methoxy groups -OCH3 is 2. The van der Waals surface area contributed by atoms with Gasteiger partial charge in [-0.25, -0.2) is 19.6 Å². The number of carbonyl (C=O) groups excluding carboxylic acids is 4. The Kier molecular flexibility index (Phi) is 13.5. The Morgan fingerprint density at radius 1 is 0.703 bits per heavy atom. The summed E-state index contributed by atoms with van der Waals surface area (Å²) < 4.78 is 22.2. The summed E-state index contributed by atoms with van der Waals surface area (Å²) in [7, 11) is 2.54. The van der Waals surface area contributed by atoms with Crippen molar-refractivity contribution in [1.29, 1.82) is 0 Å². The standard InChI is InChI=1S/C48H50N8O8/c1-61-47(59)54-42(30-14-6-3-7-15-30)45(57)49-24-12-5-10-19-41-50-28-34(52-41)32-20-22-37-39(26-32)63-38-23-21-33(27-40(38)64-37)35-29-51-44(53-35)36-18-11-13-25-56(36)46(58)43(55-48(60)62-2)31-16-8-4-9-17-31/h3-4,6-9,14-17,20-23,26-29,36,42-43H,5,10-13,18-19,24-25H2,1-2H3,(H,49,57)(H,50,52)(H,51,53)(H,54,59)(H,55,60)/t36-,42+,43+/m0/s1. The van der Waals surface area contributed by atoms with Crippen molar-refractivity contribution in [3.8, 4) is 45.5 Å². The number of aryl methyl sites for hydroxylation is 1. The van der Waals surface area contributed by atoms with E-state index in [2.05, 4.69) is 30.9 Å². The first-order chi connectivity index (χ1) is 31.3. The normalized spacial score (nSPS) is 15.0. The number of rotatable bonds is 15. The number of carbonyl (C=O) groups is 4. The molecule has 0 unspecified atom stereocenters. The zero-order valence-corrected chi connectivity index (χ0v) is 35.6. The highest BCUT2D eigenvalue weighted by atomic mass is 16.6. The Morgan fingerprint density at radius 2 is 1.30 bits per heavy atom. The topological polar surface area (TPSA) is 202 Å². The molecule has 64 heavy (non-hydrogen) atoms. The predicted molar refractivity (Wildman–Crippen MR) is 237 cm³/mol. The molecule has 1 saturated heterocycles. The minimum absolute atomic E-state index is 0.229. The van der Waals surface area contributed by atoms with E-state index >= 15 is 0 Å². The summed E-state index contributed by atoms with van der Waals surface area (Å²) in [5.74, 6) is 3.27. The van der Waals surface area contributed by atoms with Crippen molar-refractivity contribution in [1.82, 2.24) is 40.8 Å². The van der Waals surface area contributed by atoms with Gasteiger partial charge in [0.1, 0.15) is 23.7 Å². The summed E-state index contributed by atoms with van der Waals surface area (Å²) in [5.41, 5.74) is 4.68. The second kappa shape index (κ2) is 20.0. The molecule has 0 saturated carbocycles. The molecule has 5 N–H and O–H groups in total. The average molecular weight is 867 g/mol. The predicted octanol–water partition coefficient (Wildman–Crippen LogP) is 8.44. The van der Waals surface area contributed by atoms with Crippen molar-refractivity contribution in [2.45, 2.75) is 63.1 Å². The quantitative estimate of drug-likeness (QED) is 0.0623. The number of aromatic nitrogens is 4. The van der Waals surface area contributed by atoms with E-state index in [0.717, 1.165) is 73.3 Å². The Hall–Kier alpha value is -7.62. The first-order valence-electron chi connectivity index (χ1n) is 21.4. The molecule has 0 spiro atoms. The lowest BCUT2D eigenvalue weighted by Gasteiger charge is -2.37. The zero-order chi connectivity index (χ0) is 44.4. The van der Waals surface area contributed by atoms with Crippen LogP contribution in [-0.2, 0) is 25.5 Å². The molecule has 2 aliphatic heterocycles. The SMILES string of the molecule is COC(=O)N[C@@H](C(=O)NCCCCCc1ncc(-c2ccc3c(c2)Oc2ccc(-c4cnc([C@@H]5CCCCN5C(=O)[C@H](NC(=O)OC)c5ccccc5)[nH]4)cc2O3)[nH]1)c1ccccc1. The third kappa shape index (κ3) is 10.0. The van der Waals surface area contributed by atoms with Gasteiger partial charge in [0, 0.05) is 30.6 Å². The number of H-pyrrole nitrogens is 2. The number of benzene rings is 4. The number of hydrogen-bond acceptors (Lipinski definition) is 10. The summed E-state index contributed by atoms with van der Waals surface area (Å²) in [6.45, 7) is 0.999. The Morgan fingerprint density at radius 3 is 1.94 bits per heavy atom. The van der Waals surface area contributed by atoms with Crippen molar-refractivity contribution in [2.75, 3.05) is 27.3 Å². The molecular weight excluding hydrogens is 817 g/mol. The summed E-state index contributed by atoms with van der Waals surface area (Å²) in [6, 6.07) is 27.6. The second-order valence-electron chi connectivity index (χ2n) is 15.6. The van der Waals surface area contributed by atoms with Crippen LogP contribution in [0.1, 0.15) is 79.4 Å². The van der Waals surface area contributed by atoms with Gasteiger partial charge in [0.2, 0.25) is 5.91 Å². The maximum Gasteiger partial charge on any atom is 0.407 e. The summed E-state index contributed by atoms with van der Waals surface area (Å²) in [5, 5.41) is 8.25. The number of likely N-dealkylation sites (tertiary alicyclic amines) is 1. The molecule has 8 rings (SSSR count). The first kappa shape index (κ1) is 43.0. The molecule has 6 aromatic rings. The molecule has 2 aromatic heterocycles. The number of fused-ring (bicyclic) bond motifs is 2. The zero-order valence-electron chi connectivity index (χ0n) is 35.6. The van der Waals surface area contributed by atoms with Crippen molar-refractivity contribution in [3.05, 3.63) is 132 Å². The number of alkyl carbamates (subject to hydrolysis) is 2. The summed E-state index contributed by atoms with van der Waals surface area (Å²) >= 11 is 0. The minimum atomic E-state index is -0.908.